The van der Waals surface area contributed by atoms with E-state index >= 15 is 0 Å². The fourth-order valence-electron chi connectivity index (χ4n) is 2.87. The minimum atomic E-state index is -0.489. The third kappa shape index (κ3) is 4.73. The normalized spacial score (nSPS) is 24.3. The van der Waals surface area contributed by atoms with E-state index in [1.54, 1.807) is 24.3 Å². The monoisotopic (exact) mass is 288 g/mol. The molecule has 0 aliphatic carbocycles. The second-order valence-electron chi connectivity index (χ2n) is 6.07. The van der Waals surface area contributed by atoms with Gasteiger partial charge in [0.05, 0.1) is 11.6 Å². The van der Waals surface area contributed by atoms with Crippen LogP contribution in [-0.4, -0.2) is 41.8 Å². The number of nitriles is 1. The molecule has 0 amide bonds. The summed E-state index contributed by atoms with van der Waals surface area (Å²) in [5.41, 5.74) is 0.610. The lowest BCUT2D eigenvalue weighted by molar-refractivity contribution is 0.0354. The van der Waals surface area contributed by atoms with E-state index < -0.39 is 6.10 Å². The Hall–Kier alpha value is -1.57. The van der Waals surface area contributed by atoms with E-state index in [4.69, 9.17) is 10.00 Å². The Morgan fingerprint density at radius 3 is 2.71 bits per heavy atom. The molecule has 4 nitrogen and oxygen atoms in total. The van der Waals surface area contributed by atoms with E-state index in [1.165, 1.54) is 12.8 Å². The number of nitrogens with zero attached hydrogens (tertiary/aromatic N) is 2. The molecule has 4 heteroatoms. The van der Waals surface area contributed by atoms with Crippen molar-refractivity contribution in [3.63, 3.8) is 0 Å². The molecule has 3 unspecified atom stereocenters. The van der Waals surface area contributed by atoms with Crippen LogP contribution in [0.4, 0.5) is 0 Å². The summed E-state index contributed by atoms with van der Waals surface area (Å²) in [6, 6.07) is 9.55. The molecule has 1 aromatic rings. The largest absolute Gasteiger partial charge is 0.491 e. The molecule has 0 saturated carbocycles. The summed E-state index contributed by atoms with van der Waals surface area (Å²) in [6.07, 6.45) is 1.91. The summed E-state index contributed by atoms with van der Waals surface area (Å²) in [4.78, 5) is 2.34. The Kier molecular flexibility index (Phi) is 5.60. The van der Waals surface area contributed by atoms with Crippen molar-refractivity contribution in [2.45, 2.75) is 38.8 Å². The molecule has 1 N–H and O–H groups in total. The van der Waals surface area contributed by atoms with Gasteiger partial charge in [-0.2, -0.15) is 5.26 Å². The predicted molar refractivity (Wildman–Crippen MR) is 82.1 cm³/mol. The van der Waals surface area contributed by atoms with Crippen molar-refractivity contribution < 1.29 is 9.84 Å². The van der Waals surface area contributed by atoms with Gasteiger partial charge in [0.2, 0.25) is 0 Å². The molecule has 0 aromatic heterocycles. The number of piperidine rings is 1. The summed E-state index contributed by atoms with van der Waals surface area (Å²) < 4.78 is 5.58. The number of rotatable bonds is 5. The lowest BCUT2D eigenvalue weighted by Gasteiger charge is -2.37. The van der Waals surface area contributed by atoms with Crippen LogP contribution in [0.3, 0.4) is 0 Å². The molecule has 1 fully saturated rings. The van der Waals surface area contributed by atoms with Crippen LogP contribution in [0.1, 0.15) is 32.3 Å². The van der Waals surface area contributed by atoms with Gasteiger partial charge in [-0.1, -0.05) is 6.92 Å². The highest BCUT2D eigenvalue weighted by Crippen LogP contribution is 2.22. The van der Waals surface area contributed by atoms with Gasteiger partial charge in [-0.15, -0.1) is 0 Å². The van der Waals surface area contributed by atoms with Crippen LogP contribution < -0.4 is 4.74 Å². The van der Waals surface area contributed by atoms with Crippen molar-refractivity contribution in [3.05, 3.63) is 29.8 Å². The third-order valence-electron chi connectivity index (χ3n) is 4.15. The summed E-state index contributed by atoms with van der Waals surface area (Å²) in [5, 5.41) is 18.9. The fraction of sp³-hybridized carbons (Fsp3) is 0.588. The minimum absolute atomic E-state index is 0.282. The summed E-state index contributed by atoms with van der Waals surface area (Å²) in [6.45, 7) is 6.51. The first-order valence-corrected chi connectivity index (χ1v) is 7.63. The van der Waals surface area contributed by atoms with Crippen molar-refractivity contribution in [2.24, 2.45) is 5.92 Å². The second-order valence-corrected chi connectivity index (χ2v) is 6.07. The molecule has 0 radical (unpaired) electrons. The number of hydrogen-bond acceptors (Lipinski definition) is 4. The number of ether oxygens (including phenoxy) is 1. The van der Waals surface area contributed by atoms with Gasteiger partial charge in [-0.3, -0.25) is 4.90 Å². The highest BCUT2D eigenvalue weighted by atomic mass is 16.5. The van der Waals surface area contributed by atoms with Gasteiger partial charge in [-0.25, -0.2) is 0 Å². The van der Waals surface area contributed by atoms with Crippen molar-refractivity contribution in [1.82, 2.24) is 4.90 Å². The van der Waals surface area contributed by atoms with Crippen molar-refractivity contribution in [3.8, 4) is 11.8 Å². The Morgan fingerprint density at radius 1 is 1.38 bits per heavy atom. The number of likely N-dealkylation sites (tertiary alicyclic amines) is 1. The van der Waals surface area contributed by atoms with E-state index in [0.717, 1.165) is 12.5 Å². The Morgan fingerprint density at radius 2 is 2.10 bits per heavy atom. The summed E-state index contributed by atoms with van der Waals surface area (Å²) in [7, 11) is 0. The lowest BCUT2D eigenvalue weighted by atomic mass is 9.93. The minimum Gasteiger partial charge on any atom is -0.491 e. The van der Waals surface area contributed by atoms with Gasteiger partial charge in [0.25, 0.3) is 0 Å². The standard InChI is InChI=1S/C17H24N2O2/c1-13-7-8-19(14(2)9-13)11-16(20)12-21-17-5-3-15(10-18)4-6-17/h3-6,13-14,16,20H,7-9,11-12H2,1-2H3. The first-order valence-electron chi connectivity index (χ1n) is 7.63. The number of aliphatic hydroxyl groups is 1. The number of β-amino-alcohol motifs (C(OH)–C–C–N with tert-alkyl or cyclic N) is 1. The zero-order valence-electron chi connectivity index (χ0n) is 12.8. The van der Waals surface area contributed by atoms with Gasteiger partial charge in [0.1, 0.15) is 18.5 Å². The number of aliphatic hydroxyl groups excluding tert-OH is 1. The first kappa shape index (κ1) is 15.8. The molecule has 1 heterocycles. The number of benzene rings is 1. The van der Waals surface area contributed by atoms with E-state index in [9.17, 15) is 5.11 Å². The third-order valence-corrected chi connectivity index (χ3v) is 4.15. The van der Waals surface area contributed by atoms with E-state index in [0.29, 0.717) is 23.9 Å². The lowest BCUT2D eigenvalue weighted by Crippen LogP contribution is -2.45. The zero-order valence-corrected chi connectivity index (χ0v) is 12.8. The topological polar surface area (TPSA) is 56.5 Å². The zero-order chi connectivity index (χ0) is 15.2. The molecule has 3 atom stereocenters. The SMILES string of the molecule is CC1CCN(CC(O)COc2ccc(C#N)cc2)C(C)C1. The molecule has 1 aliphatic heterocycles. The molecule has 21 heavy (non-hydrogen) atoms. The molecule has 0 spiro atoms. The Labute approximate surface area is 127 Å². The Bertz CT molecular complexity index is 481. The molecule has 1 aromatic carbocycles. The van der Waals surface area contributed by atoms with E-state index in [1.807, 2.05) is 0 Å². The summed E-state index contributed by atoms with van der Waals surface area (Å²) in [5.74, 6) is 1.47. The quantitative estimate of drug-likeness (QED) is 0.904. The van der Waals surface area contributed by atoms with Crippen LogP contribution in [-0.2, 0) is 0 Å². The van der Waals surface area contributed by atoms with Gasteiger partial charge in [0.15, 0.2) is 0 Å². The second kappa shape index (κ2) is 7.44. The fourth-order valence-corrected chi connectivity index (χ4v) is 2.87. The number of hydrogen-bond donors (Lipinski definition) is 1. The predicted octanol–water partition coefficient (Wildman–Crippen LogP) is 2.42. The molecule has 1 saturated heterocycles. The van der Waals surface area contributed by atoms with Gasteiger partial charge in [-0.05, 0) is 56.5 Å². The smallest absolute Gasteiger partial charge is 0.119 e. The molecule has 1 aliphatic rings. The van der Waals surface area contributed by atoms with Crippen molar-refractivity contribution in [2.75, 3.05) is 19.7 Å². The molecular weight excluding hydrogens is 264 g/mol. The van der Waals surface area contributed by atoms with Gasteiger partial charge in [0, 0.05) is 12.6 Å². The molecular formula is C17H24N2O2. The summed E-state index contributed by atoms with van der Waals surface area (Å²) >= 11 is 0. The highest BCUT2D eigenvalue weighted by molar-refractivity contribution is 5.34. The first-order chi connectivity index (χ1) is 10.1. The Balaban J connectivity index is 1.76. The van der Waals surface area contributed by atoms with Crippen LogP contribution in [0, 0.1) is 17.2 Å². The maximum atomic E-state index is 10.1. The van der Waals surface area contributed by atoms with E-state index in [2.05, 4.69) is 24.8 Å². The molecule has 114 valence electrons. The highest BCUT2D eigenvalue weighted by Gasteiger charge is 2.24. The van der Waals surface area contributed by atoms with Crippen LogP contribution in [0.2, 0.25) is 0 Å². The maximum absolute atomic E-state index is 10.1. The van der Waals surface area contributed by atoms with Gasteiger partial charge >= 0.3 is 0 Å². The maximum Gasteiger partial charge on any atom is 0.119 e. The van der Waals surface area contributed by atoms with Crippen LogP contribution >= 0.6 is 0 Å². The van der Waals surface area contributed by atoms with Crippen LogP contribution in [0.5, 0.6) is 5.75 Å². The van der Waals surface area contributed by atoms with Crippen molar-refractivity contribution >= 4 is 0 Å². The molecule has 2 rings (SSSR count). The molecule has 0 bridgehead atoms. The average Bonchev–Trinajstić information content (AvgIpc) is 2.48. The van der Waals surface area contributed by atoms with Crippen LogP contribution in [0.25, 0.3) is 0 Å². The van der Waals surface area contributed by atoms with E-state index in [-0.39, 0.29) is 6.61 Å². The van der Waals surface area contributed by atoms with Gasteiger partial charge < -0.3 is 9.84 Å². The average molecular weight is 288 g/mol. The van der Waals surface area contributed by atoms with Crippen LogP contribution in [0.15, 0.2) is 24.3 Å². The van der Waals surface area contributed by atoms with Crippen molar-refractivity contribution in [1.29, 1.82) is 5.26 Å².